The zero-order chi connectivity index (χ0) is 35.0. The number of esters is 2. The quantitative estimate of drug-likeness (QED) is 0.0579. The van der Waals surface area contributed by atoms with Crippen molar-refractivity contribution in [3.8, 4) is 22.6 Å². The minimum absolute atomic E-state index is 0.222. The monoisotopic (exact) mass is 672 g/mol. The third-order valence-corrected chi connectivity index (χ3v) is 8.79. The molecule has 0 unspecified atom stereocenters. The van der Waals surface area contributed by atoms with Gasteiger partial charge in [0.1, 0.15) is 11.5 Å². The predicted octanol–water partition coefficient (Wildman–Crippen LogP) is 6.88. The second kappa shape index (κ2) is 15.5. The SMILES string of the molecule is O=C(CCCCCN1C(=O)c2ccccc2C1=O)Oc1ccc(-c2ccc(OC(=O)CCCCCN3C(=O)c4ccccc4C3=O)cc2)cc1. The van der Waals surface area contributed by atoms with Crippen LogP contribution in [0.3, 0.4) is 0 Å². The van der Waals surface area contributed by atoms with Gasteiger partial charge in [0.25, 0.3) is 23.6 Å². The van der Waals surface area contributed by atoms with Gasteiger partial charge >= 0.3 is 11.9 Å². The summed E-state index contributed by atoms with van der Waals surface area (Å²) in [7, 11) is 0. The molecule has 4 amide bonds. The zero-order valence-corrected chi connectivity index (χ0v) is 27.5. The molecule has 6 rings (SSSR count). The van der Waals surface area contributed by atoms with Crippen LogP contribution >= 0.6 is 0 Å². The van der Waals surface area contributed by atoms with Crippen LogP contribution < -0.4 is 9.47 Å². The van der Waals surface area contributed by atoms with E-state index in [1.54, 1.807) is 72.8 Å². The van der Waals surface area contributed by atoms with Gasteiger partial charge < -0.3 is 9.47 Å². The number of ether oxygens (including phenoxy) is 2. The lowest BCUT2D eigenvalue weighted by molar-refractivity contribution is -0.135. The standard InChI is InChI=1S/C40H36N2O8/c43-35(15-3-1-9-25-41-37(45)31-11-5-6-12-32(31)38(41)46)49-29-21-17-27(18-22-29)28-19-23-30(24-20-28)50-36(44)16-4-2-10-26-42-39(47)33-13-7-8-14-34(33)40(42)48/h5-8,11-14,17-24H,1-4,9-10,15-16,25-26H2. The molecule has 4 aromatic carbocycles. The number of nitrogens with zero attached hydrogens (tertiary/aromatic N) is 2. The number of carbonyl (C=O) groups is 6. The molecule has 10 nitrogen and oxygen atoms in total. The molecule has 0 spiro atoms. The summed E-state index contributed by atoms with van der Waals surface area (Å²) in [6, 6.07) is 27.9. The van der Waals surface area contributed by atoms with E-state index in [0.717, 1.165) is 11.1 Å². The number of imide groups is 2. The number of carbonyl (C=O) groups excluding carboxylic acids is 6. The first-order valence-corrected chi connectivity index (χ1v) is 16.8. The van der Waals surface area contributed by atoms with E-state index < -0.39 is 0 Å². The lowest BCUT2D eigenvalue weighted by Crippen LogP contribution is -2.30. The van der Waals surface area contributed by atoms with E-state index in [9.17, 15) is 28.8 Å². The second-order valence-corrected chi connectivity index (χ2v) is 12.2. The van der Waals surface area contributed by atoms with Crippen molar-refractivity contribution in [1.82, 2.24) is 9.80 Å². The largest absolute Gasteiger partial charge is 0.427 e. The molecule has 2 aliphatic rings. The van der Waals surface area contributed by atoms with E-state index in [1.165, 1.54) is 9.80 Å². The van der Waals surface area contributed by atoms with Crippen LogP contribution in [0, 0.1) is 0 Å². The lowest BCUT2D eigenvalue weighted by Gasteiger charge is -2.13. The van der Waals surface area contributed by atoms with Crippen LogP contribution in [-0.2, 0) is 9.59 Å². The fourth-order valence-corrected chi connectivity index (χ4v) is 6.11. The van der Waals surface area contributed by atoms with Gasteiger partial charge in [-0.2, -0.15) is 0 Å². The Balaban J connectivity index is 0.857. The van der Waals surface area contributed by atoms with Crippen molar-refractivity contribution < 1.29 is 38.2 Å². The van der Waals surface area contributed by atoms with E-state index in [2.05, 4.69) is 0 Å². The molecule has 0 aromatic heterocycles. The maximum absolute atomic E-state index is 12.5. The van der Waals surface area contributed by atoms with Crippen LogP contribution in [0.15, 0.2) is 97.1 Å². The van der Waals surface area contributed by atoms with Gasteiger partial charge in [-0.05, 0) is 85.3 Å². The summed E-state index contributed by atoms with van der Waals surface area (Å²) < 4.78 is 10.9. The van der Waals surface area contributed by atoms with Crippen molar-refractivity contribution in [1.29, 1.82) is 0 Å². The van der Waals surface area contributed by atoms with Crippen molar-refractivity contribution >= 4 is 35.6 Å². The molecule has 50 heavy (non-hydrogen) atoms. The Bertz CT molecular complexity index is 1720. The molecule has 0 fully saturated rings. The molecular weight excluding hydrogens is 636 g/mol. The van der Waals surface area contributed by atoms with E-state index in [0.29, 0.717) is 85.4 Å². The molecule has 0 radical (unpaired) electrons. The van der Waals surface area contributed by atoms with Crippen LogP contribution in [0.4, 0.5) is 0 Å². The van der Waals surface area contributed by atoms with E-state index in [4.69, 9.17) is 9.47 Å². The van der Waals surface area contributed by atoms with Crippen LogP contribution in [-0.4, -0.2) is 58.5 Å². The van der Waals surface area contributed by atoms with Crippen molar-refractivity contribution in [2.45, 2.75) is 51.4 Å². The summed E-state index contributed by atoms with van der Waals surface area (Å²) in [5, 5.41) is 0. The minimum Gasteiger partial charge on any atom is -0.427 e. The van der Waals surface area contributed by atoms with E-state index in [1.807, 2.05) is 24.3 Å². The highest BCUT2D eigenvalue weighted by atomic mass is 16.5. The molecule has 254 valence electrons. The molecule has 0 bridgehead atoms. The Morgan fingerprint density at radius 2 is 0.740 bits per heavy atom. The fourth-order valence-electron chi connectivity index (χ4n) is 6.11. The number of hydrogen-bond donors (Lipinski definition) is 0. The summed E-state index contributed by atoms with van der Waals surface area (Å²) in [5.74, 6) is -0.929. The number of fused-ring (bicyclic) bond motifs is 2. The molecule has 10 heteroatoms. The molecular formula is C40H36N2O8. The van der Waals surface area contributed by atoms with Crippen molar-refractivity contribution in [2.75, 3.05) is 13.1 Å². The van der Waals surface area contributed by atoms with Crippen LogP contribution in [0.5, 0.6) is 11.5 Å². The summed E-state index contributed by atoms with van der Waals surface area (Å²) in [6.07, 6.45) is 4.16. The highest BCUT2D eigenvalue weighted by Crippen LogP contribution is 2.27. The highest BCUT2D eigenvalue weighted by molar-refractivity contribution is 6.22. The molecule has 2 aliphatic heterocycles. The highest BCUT2D eigenvalue weighted by Gasteiger charge is 2.35. The van der Waals surface area contributed by atoms with Crippen LogP contribution in [0.1, 0.15) is 92.8 Å². The molecule has 0 N–H and O–H groups in total. The minimum atomic E-state index is -0.354. The number of hydrogen-bond acceptors (Lipinski definition) is 8. The van der Waals surface area contributed by atoms with Crippen LogP contribution in [0.25, 0.3) is 11.1 Å². The lowest BCUT2D eigenvalue weighted by atomic mass is 10.1. The summed E-state index contributed by atoms with van der Waals surface area (Å²) in [5.41, 5.74) is 3.54. The van der Waals surface area contributed by atoms with Gasteiger partial charge in [-0.15, -0.1) is 0 Å². The first kappa shape index (κ1) is 34.0. The predicted molar refractivity (Wildman–Crippen MR) is 184 cm³/mol. The maximum Gasteiger partial charge on any atom is 0.311 e. The van der Waals surface area contributed by atoms with Crippen molar-refractivity contribution in [2.24, 2.45) is 0 Å². The van der Waals surface area contributed by atoms with Crippen molar-refractivity contribution in [3.63, 3.8) is 0 Å². The Hall–Kier alpha value is -5.90. The molecule has 0 saturated heterocycles. The van der Waals surface area contributed by atoms with Crippen LogP contribution in [0.2, 0.25) is 0 Å². The second-order valence-electron chi connectivity index (χ2n) is 12.2. The zero-order valence-electron chi connectivity index (χ0n) is 27.5. The summed E-state index contributed by atoms with van der Waals surface area (Å²) in [4.78, 5) is 77.1. The third kappa shape index (κ3) is 7.70. The van der Waals surface area contributed by atoms with Gasteiger partial charge in [-0.3, -0.25) is 38.6 Å². The Kier molecular flexibility index (Phi) is 10.6. The first-order chi connectivity index (χ1) is 24.3. The average Bonchev–Trinajstić information content (AvgIpc) is 3.52. The fraction of sp³-hybridized carbons (Fsp3) is 0.250. The Morgan fingerprint density at radius 1 is 0.420 bits per heavy atom. The molecule has 0 atom stereocenters. The van der Waals surface area contributed by atoms with Gasteiger partial charge in [0.05, 0.1) is 22.3 Å². The van der Waals surface area contributed by atoms with Gasteiger partial charge in [-0.25, -0.2) is 0 Å². The van der Waals surface area contributed by atoms with Gasteiger partial charge in [-0.1, -0.05) is 61.4 Å². The normalized spacial score (nSPS) is 13.4. The summed E-state index contributed by atoms with van der Waals surface area (Å²) >= 11 is 0. The summed E-state index contributed by atoms with van der Waals surface area (Å²) in [6.45, 7) is 0.634. The smallest absolute Gasteiger partial charge is 0.311 e. The Labute approximate surface area is 289 Å². The average molecular weight is 673 g/mol. The third-order valence-electron chi connectivity index (χ3n) is 8.79. The molecule has 0 saturated carbocycles. The Morgan fingerprint density at radius 3 is 1.06 bits per heavy atom. The van der Waals surface area contributed by atoms with Crippen molar-refractivity contribution in [3.05, 3.63) is 119 Å². The number of amides is 4. The topological polar surface area (TPSA) is 127 Å². The molecule has 2 heterocycles. The number of rotatable bonds is 15. The van der Waals surface area contributed by atoms with Gasteiger partial charge in [0.2, 0.25) is 0 Å². The molecule has 0 aliphatic carbocycles. The molecule has 4 aromatic rings. The number of benzene rings is 4. The maximum atomic E-state index is 12.5. The van der Waals surface area contributed by atoms with Gasteiger partial charge in [0, 0.05) is 25.9 Å². The van der Waals surface area contributed by atoms with E-state index >= 15 is 0 Å². The number of unbranched alkanes of at least 4 members (excludes halogenated alkanes) is 4. The first-order valence-electron chi connectivity index (χ1n) is 16.8. The van der Waals surface area contributed by atoms with Gasteiger partial charge in [0.15, 0.2) is 0 Å². The van der Waals surface area contributed by atoms with E-state index in [-0.39, 0.29) is 48.4 Å².